The summed E-state index contributed by atoms with van der Waals surface area (Å²) < 4.78 is 5.94. The molecule has 3 fully saturated rings. The Morgan fingerprint density at radius 2 is 2.06 bits per heavy atom. The number of allylic oxidation sites excluding steroid dienone is 4. The van der Waals surface area contributed by atoms with Gasteiger partial charge in [0.05, 0.1) is 11.4 Å². The first kappa shape index (κ1) is 23.2. The number of hydrogen-bond acceptors (Lipinski definition) is 5. The Kier molecular flexibility index (Phi) is 5.84. The molecule has 31 heavy (non-hydrogen) atoms. The highest BCUT2D eigenvalue weighted by Gasteiger charge is 2.71. The molecular weight excluding hydrogens is 484 g/mol. The molecule has 7 heteroatoms. The highest BCUT2D eigenvalue weighted by atomic mass is 79.9. The van der Waals surface area contributed by atoms with Gasteiger partial charge in [-0.05, 0) is 49.7 Å². The van der Waals surface area contributed by atoms with E-state index in [1.54, 1.807) is 19.1 Å². The van der Waals surface area contributed by atoms with Crippen molar-refractivity contribution in [2.24, 2.45) is 28.6 Å². The van der Waals surface area contributed by atoms with Crippen molar-refractivity contribution in [3.63, 3.8) is 0 Å². The van der Waals surface area contributed by atoms with Crippen molar-refractivity contribution < 1.29 is 24.2 Å². The van der Waals surface area contributed by atoms with Crippen LogP contribution in [-0.2, 0) is 19.1 Å². The second-order valence-electron chi connectivity index (χ2n) is 10.1. The van der Waals surface area contributed by atoms with Crippen molar-refractivity contribution in [2.45, 2.75) is 70.0 Å². The maximum atomic E-state index is 13.2. The van der Waals surface area contributed by atoms with Crippen LogP contribution in [0.3, 0.4) is 0 Å². The van der Waals surface area contributed by atoms with Crippen LogP contribution in [-0.4, -0.2) is 45.1 Å². The fourth-order valence-corrected chi connectivity index (χ4v) is 8.24. The van der Waals surface area contributed by atoms with Gasteiger partial charge in [-0.1, -0.05) is 48.4 Å². The van der Waals surface area contributed by atoms with Crippen LogP contribution in [0.15, 0.2) is 23.8 Å². The molecule has 0 bridgehead atoms. The molecule has 0 heterocycles. The standard InChI is InChI=1S/C24H30BrClO5/c1-4-19(30)31-24(18(29)12-25)8-6-15-20-16(26)10-13-9-14(27)5-7-22(13,2)21(20)17(28)11-23(15,24)3/h5,7,9,15-17,20-21,28H,4,6,8,10-12H2,1-3H3/t15-,16?,17?,20+,21-,22-,23-,24-/m0/s1. The molecule has 0 radical (unpaired) electrons. The van der Waals surface area contributed by atoms with E-state index in [1.165, 1.54) is 0 Å². The third kappa shape index (κ3) is 3.15. The summed E-state index contributed by atoms with van der Waals surface area (Å²) in [6, 6.07) is 0. The van der Waals surface area contributed by atoms with Gasteiger partial charge < -0.3 is 9.84 Å². The molecule has 2 unspecified atom stereocenters. The molecular formula is C24H30BrClO5. The maximum Gasteiger partial charge on any atom is 0.306 e. The molecule has 1 N–H and O–H groups in total. The lowest BCUT2D eigenvalue weighted by atomic mass is 9.46. The fraction of sp³-hybridized carbons (Fsp3) is 0.708. The summed E-state index contributed by atoms with van der Waals surface area (Å²) in [5, 5.41) is 11.3. The van der Waals surface area contributed by atoms with Crippen molar-refractivity contribution in [1.29, 1.82) is 0 Å². The highest BCUT2D eigenvalue weighted by Crippen LogP contribution is 2.68. The van der Waals surface area contributed by atoms with E-state index >= 15 is 0 Å². The van der Waals surface area contributed by atoms with Gasteiger partial charge in [0.1, 0.15) is 0 Å². The number of carbonyl (C=O) groups excluding carboxylic acids is 3. The fourth-order valence-electron chi connectivity index (χ4n) is 7.29. The number of hydrogen-bond donors (Lipinski definition) is 1. The van der Waals surface area contributed by atoms with Crippen molar-refractivity contribution in [2.75, 3.05) is 5.33 Å². The average Bonchev–Trinajstić information content (AvgIpc) is 3.00. The smallest absolute Gasteiger partial charge is 0.306 e. The minimum absolute atomic E-state index is 0.0282. The summed E-state index contributed by atoms with van der Waals surface area (Å²) in [5.41, 5.74) is -1.44. The van der Waals surface area contributed by atoms with Gasteiger partial charge in [-0.25, -0.2) is 0 Å². The van der Waals surface area contributed by atoms with Crippen LogP contribution in [0.1, 0.15) is 52.9 Å². The zero-order valence-electron chi connectivity index (χ0n) is 18.2. The van der Waals surface area contributed by atoms with Crippen LogP contribution in [0.2, 0.25) is 0 Å². The van der Waals surface area contributed by atoms with Crippen LogP contribution in [0.5, 0.6) is 0 Å². The molecule has 4 rings (SSSR count). The zero-order valence-corrected chi connectivity index (χ0v) is 20.5. The lowest BCUT2D eigenvalue weighted by Crippen LogP contribution is -2.64. The Morgan fingerprint density at radius 3 is 2.71 bits per heavy atom. The lowest BCUT2D eigenvalue weighted by molar-refractivity contribution is -0.197. The number of Topliss-reactive ketones (excluding diaryl/α,β-unsaturated/α-hetero) is 1. The summed E-state index contributed by atoms with van der Waals surface area (Å²) >= 11 is 10.3. The molecule has 170 valence electrons. The number of aliphatic hydroxyl groups excluding tert-OH is 1. The van der Waals surface area contributed by atoms with E-state index in [9.17, 15) is 19.5 Å². The van der Waals surface area contributed by atoms with Crippen LogP contribution in [0.4, 0.5) is 0 Å². The Labute approximate surface area is 196 Å². The molecule has 4 aliphatic carbocycles. The van der Waals surface area contributed by atoms with Gasteiger partial charge in [0.25, 0.3) is 0 Å². The normalized spacial score (nSPS) is 45.9. The summed E-state index contributed by atoms with van der Waals surface area (Å²) in [6.07, 6.45) is 6.72. The molecule has 8 atom stereocenters. The van der Waals surface area contributed by atoms with E-state index in [1.807, 2.05) is 13.0 Å². The van der Waals surface area contributed by atoms with Crippen LogP contribution in [0.25, 0.3) is 0 Å². The molecule has 3 saturated carbocycles. The molecule has 0 saturated heterocycles. The number of carbonyl (C=O) groups is 3. The Balaban J connectivity index is 1.80. The van der Waals surface area contributed by atoms with E-state index < -0.39 is 28.5 Å². The first-order chi connectivity index (χ1) is 14.5. The van der Waals surface area contributed by atoms with E-state index in [2.05, 4.69) is 22.9 Å². The van der Waals surface area contributed by atoms with Crippen molar-refractivity contribution >= 4 is 45.1 Å². The van der Waals surface area contributed by atoms with Crippen molar-refractivity contribution in [3.8, 4) is 0 Å². The maximum absolute atomic E-state index is 13.2. The first-order valence-electron chi connectivity index (χ1n) is 11.1. The van der Waals surface area contributed by atoms with E-state index in [4.69, 9.17) is 16.3 Å². The van der Waals surface area contributed by atoms with Crippen LogP contribution in [0, 0.1) is 28.6 Å². The quantitative estimate of drug-likeness (QED) is 0.451. The number of ether oxygens (including phenoxy) is 1. The molecule has 0 spiro atoms. The number of halogens is 2. The summed E-state index contributed by atoms with van der Waals surface area (Å²) in [6.45, 7) is 5.79. The average molecular weight is 514 g/mol. The Bertz CT molecular complexity index is 883. The number of ketones is 2. The molecule has 0 aliphatic heterocycles. The minimum Gasteiger partial charge on any atom is -0.450 e. The van der Waals surface area contributed by atoms with Crippen LogP contribution < -0.4 is 0 Å². The van der Waals surface area contributed by atoms with E-state index in [0.29, 0.717) is 25.7 Å². The van der Waals surface area contributed by atoms with Gasteiger partial charge in [-0.15, -0.1) is 11.6 Å². The summed E-state index contributed by atoms with van der Waals surface area (Å²) in [7, 11) is 0. The number of rotatable bonds is 4. The second kappa shape index (κ2) is 7.81. The molecule has 0 aromatic heterocycles. The number of aliphatic hydroxyl groups is 1. The first-order valence-corrected chi connectivity index (χ1v) is 12.7. The lowest BCUT2D eigenvalue weighted by Gasteiger charge is -2.61. The van der Waals surface area contributed by atoms with Gasteiger partial charge >= 0.3 is 5.97 Å². The molecule has 0 amide bonds. The van der Waals surface area contributed by atoms with Gasteiger partial charge in [0, 0.05) is 28.5 Å². The Hall–Kier alpha value is -0.980. The highest BCUT2D eigenvalue weighted by molar-refractivity contribution is 9.09. The van der Waals surface area contributed by atoms with Gasteiger partial charge in [-0.3, -0.25) is 14.4 Å². The predicted octanol–water partition coefficient (Wildman–Crippen LogP) is 4.14. The third-order valence-corrected chi connectivity index (χ3v) is 9.71. The van der Waals surface area contributed by atoms with E-state index in [0.717, 1.165) is 5.57 Å². The van der Waals surface area contributed by atoms with Gasteiger partial charge in [0.2, 0.25) is 0 Å². The predicted molar refractivity (Wildman–Crippen MR) is 121 cm³/mol. The second-order valence-corrected chi connectivity index (χ2v) is 11.2. The topological polar surface area (TPSA) is 80.7 Å². The monoisotopic (exact) mass is 512 g/mol. The number of fused-ring (bicyclic) bond motifs is 5. The number of esters is 1. The number of alkyl halides is 2. The van der Waals surface area contributed by atoms with E-state index in [-0.39, 0.29) is 46.4 Å². The zero-order chi connectivity index (χ0) is 22.8. The summed E-state index contributed by atoms with van der Waals surface area (Å²) in [5.74, 6) is -0.777. The van der Waals surface area contributed by atoms with Crippen LogP contribution >= 0.6 is 27.5 Å². The largest absolute Gasteiger partial charge is 0.450 e. The van der Waals surface area contributed by atoms with Gasteiger partial charge in [-0.2, -0.15) is 0 Å². The molecule has 0 aromatic carbocycles. The molecule has 5 nitrogen and oxygen atoms in total. The molecule has 0 aromatic rings. The van der Waals surface area contributed by atoms with Gasteiger partial charge in [0.15, 0.2) is 17.2 Å². The van der Waals surface area contributed by atoms with Crippen molar-refractivity contribution in [1.82, 2.24) is 0 Å². The van der Waals surface area contributed by atoms with Crippen molar-refractivity contribution in [3.05, 3.63) is 23.8 Å². The minimum atomic E-state index is -1.26. The summed E-state index contributed by atoms with van der Waals surface area (Å²) in [4.78, 5) is 37.6. The Morgan fingerprint density at radius 1 is 1.35 bits per heavy atom. The SMILES string of the molecule is CCC(=O)O[C@]1(C(=O)CBr)CC[C@H]2[C@@H]3C(Cl)CC4=CC(=O)C=C[C@]4(C)[C@H]3C(O)C[C@@]21C. The third-order valence-electron chi connectivity index (χ3n) is 8.75. The molecule has 4 aliphatic rings.